The fraction of sp³-hybridized carbons (Fsp3) is 0.118. The average molecular weight is 424 g/mol. The van der Waals surface area contributed by atoms with Crippen molar-refractivity contribution in [1.29, 1.82) is 0 Å². The van der Waals surface area contributed by atoms with Gasteiger partial charge in [0.25, 0.3) is 0 Å². The average Bonchev–Trinajstić information content (AvgIpc) is 3.05. The number of sulfonamides is 2. The summed E-state index contributed by atoms with van der Waals surface area (Å²) in [5.74, 6) is -0.163. The van der Waals surface area contributed by atoms with Crippen molar-refractivity contribution < 1.29 is 21.2 Å². The highest BCUT2D eigenvalue weighted by Gasteiger charge is 2.26. The number of primary sulfonamides is 1. The molecule has 28 heavy (non-hydrogen) atoms. The van der Waals surface area contributed by atoms with Crippen LogP contribution in [0.1, 0.15) is 17.4 Å². The van der Waals surface area contributed by atoms with Gasteiger partial charge < -0.3 is 4.57 Å². The van der Waals surface area contributed by atoms with Gasteiger partial charge in [0.2, 0.25) is 20.0 Å². The van der Waals surface area contributed by atoms with Crippen LogP contribution in [0.4, 0.5) is 4.39 Å². The summed E-state index contributed by atoms with van der Waals surface area (Å²) in [7, 11) is -6.35. The molecule has 8 nitrogen and oxygen atoms in total. The molecule has 1 unspecified atom stereocenters. The minimum atomic E-state index is -4.09. The molecule has 1 heterocycles. The zero-order valence-electron chi connectivity index (χ0n) is 14.7. The molecule has 148 valence electrons. The van der Waals surface area contributed by atoms with Crippen LogP contribution in [0, 0.1) is 5.82 Å². The van der Waals surface area contributed by atoms with Gasteiger partial charge in [-0.3, -0.25) is 0 Å². The van der Waals surface area contributed by atoms with E-state index in [1.165, 1.54) is 24.4 Å². The van der Waals surface area contributed by atoms with E-state index in [9.17, 15) is 21.2 Å². The van der Waals surface area contributed by atoms with Gasteiger partial charge in [-0.2, -0.15) is 4.72 Å². The van der Waals surface area contributed by atoms with E-state index in [-0.39, 0.29) is 9.79 Å². The van der Waals surface area contributed by atoms with Gasteiger partial charge >= 0.3 is 0 Å². The molecule has 0 amide bonds. The van der Waals surface area contributed by atoms with E-state index in [0.717, 1.165) is 24.3 Å². The van der Waals surface area contributed by atoms with Gasteiger partial charge in [0.05, 0.1) is 9.79 Å². The molecular formula is C17H17FN4O4S2. The Labute approximate surface area is 161 Å². The van der Waals surface area contributed by atoms with Gasteiger partial charge in [-0.1, -0.05) is 12.1 Å². The van der Waals surface area contributed by atoms with Crippen LogP contribution in [0.5, 0.6) is 0 Å². The lowest BCUT2D eigenvalue weighted by Crippen LogP contribution is -2.31. The molecule has 0 saturated heterocycles. The SMILES string of the molecule is Cn1ccnc1C(NS(=O)(=O)c1ccc(S(N)(=O)=O)cc1)c1cccc(F)c1. The molecule has 1 aromatic heterocycles. The second kappa shape index (κ2) is 7.43. The van der Waals surface area contributed by atoms with E-state index >= 15 is 0 Å². The van der Waals surface area contributed by atoms with Gasteiger partial charge in [0.1, 0.15) is 17.7 Å². The van der Waals surface area contributed by atoms with E-state index in [0.29, 0.717) is 11.4 Å². The number of aryl methyl sites for hydroxylation is 1. The fourth-order valence-corrected chi connectivity index (χ4v) is 4.34. The summed E-state index contributed by atoms with van der Waals surface area (Å²) in [5, 5.41) is 5.03. The van der Waals surface area contributed by atoms with Crippen LogP contribution in [-0.2, 0) is 27.1 Å². The minimum Gasteiger partial charge on any atom is -0.336 e. The Hall–Kier alpha value is -2.60. The summed E-state index contributed by atoms with van der Waals surface area (Å²) in [4.78, 5) is 3.78. The molecule has 0 saturated carbocycles. The third-order valence-corrected chi connectivity index (χ3v) is 6.40. The first-order valence-electron chi connectivity index (χ1n) is 7.96. The number of nitrogens with zero attached hydrogens (tertiary/aromatic N) is 2. The van der Waals surface area contributed by atoms with Crippen LogP contribution in [0.15, 0.2) is 70.7 Å². The lowest BCUT2D eigenvalue weighted by atomic mass is 10.1. The highest BCUT2D eigenvalue weighted by Crippen LogP contribution is 2.24. The largest absolute Gasteiger partial charge is 0.336 e. The smallest absolute Gasteiger partial charge is 0.241 e. The summed E-state index contributed by atoms with van der Waals surface area (Å²) in [5.41, 5.74) is 0.360. The Kier molecular flexibility index (Phi) is 5.35. The number of rotatable bonds is 6. The van der Waals surface area contributed by atoms with Crippen molar-refractivity contribution in [3.05, 3.63) is 78.1 Å². The molecule has 0 aliphatic carbocycles. The molecule has 1 atom stereocenters. The zero-order chi connectivity index (χ0) is 20.5. The molecule has 0 bridgehead atoms. The molecule has 0 radical (unpaired) electrons. The first kappa shape index (κ1) is 20.1. The van der Waals surface area contributed by atoms with Gasteiger partial charge in [-0.05, 0) is 42.0 Å². The molecule has 3 aromatic rings. The Morgan fingerprint density at radius 1 is 1.07 bits per heavy atom. The van der Waals surface area contributed by atoms with E-state index in [2.05, 4.69) is 9.71 Å². The van der Waals surface area contributed by atoms with Crippen molar-refractivity contribution in [2.75, 3.05) is 0 Å². The number of nitrogens with two attached hydrogens (primary N) is 1. The van der Waals surface area contributed by atoms with Gasteiger partial charge in [-0.25, -0.2) is 31.3 Å². The van der Waals surface area contributed by atoms with Gasteiger partial charge in [-0.15, -0.1) is 0 Å². The standard InChI is InChI=1S/C17H17FN4O4S2/c1-22-10-9-20-17(22)16(12-3-2-4-13(18)11-12)21-28(25,26)15-7-5-14(6-8-15)27(19,23)24/h2-11,16,21H,1H3,(H2,19,23,24). The van der Waals surface area contributed by atoms with Crippen molar-refractivity contribution in [1.82, 2.24) is 14.3 Å². The van der Waals surface area contributed by atoms with Crippen LogP contribution in [0.3, 0.4) is 0 Å². The first-order valence-corrected chi connectivity index (χ1v) is 11.0. The van der Waals surface area contributed by atoms with Gasteiger partial charge in [0.15, 0.2) is 0 Å². The Bertz CT molecular complexity index is 1210. The molecule has 11 heteroatoms. The number of nitrogens with one attached hydrogen (secondary N) is 1. The minimum absolute atomic E-state index is 0.171. The number of benzene rings is 2. The molecule has 0 aliphatic rings. The Morgan fingerprint density at radius 2 is 1.71 bits per heavy atom. The summed E-state index contributed by atoms with van der Waals surface area (Å²) in [6.07, 6.45) is 3.13. The second-order valence-electron chi connectivity index (χ2n) is 6.02. The molecule has 2 aromatic carbocycles. The molecule has 0 fully saturated rings. The highest BCUT2D eigenvalue weighted by molar-refractivity contribution is 7.89. The topological polar surface area (TPSA) is 124 Å². The Balaban J connectivity index is 2.01. The lowest BCUT2D eigenvalue weighted by Gasteiger charge is -2.19. The van der Waals surface area contributed by atoms with Crippen molar-refractivity contribution in [2.45, 2.75) is 15.8 Å². The summed E-state index contributed by atoms with van der Waals surface area (Å²) in [6.45, 7) is 0. The molecule has 3 rings (SSSR count). The summed E-state index contributed by atoms with van der Waals surface area (Å²) < 4.78 is 66.2. The van der Waals surface area contributed by atoms with Crippen LogP contribution < -0.4 is 9.86 Å². The number of imidazole rings is 1. The first-order chi connectivity index (χ1) is 13.1. The quantitative estimate of drug-likeness (QED) is 0.617. The highest BCUT2D eigenvalue weighted by atomic mass is 32.2. The zero-order valence-corrected chi connectivity index (χ0v) is 16.3. The van der Waals surface area contributed by atoms with E-state index in [4.69, 9.17) is 5.14 Å². The number of halogens is 1. The maximum Gasteiger partial charge on any atom is 0.241 e. The van der Waals surface area contributed by atoms with Crippen LogP contribution in [0.2, 0.25) is 0 Å². The van der Waals surface area contributed by atoms with Crippen molar-refractivity contribution in [2.24, 2.45) is 12.2 Å². The normalized spacial score (nSPS) is 13.4. The Morgan fingerprint density at radius 3 is 2.25 bits per heavy atom. The second-order valence-corrected chi connectivity index (χ2v) is 9.30. The van der Waals surface area contributed by atoms with Crippen LogP contribution >= 0.6 is 0 Å². The lowest BCUT2D eigenvalue weighted by molar-refractivity contribution is 0.560. The third kappa shape index (κ3) is 4.28. The summed E-state index contributed by atoms with van der Waals surface area (Å²) >= 11 is 0. The van der Waals surface area contributed by atoms with E-state index < -0.39 is 31.9 Å². The molecule has 0 spiro atoms. The van der Waals surface area contributed by atoms with E-state index in [1.807, 2.05) is 0 Å². The third-order valence-electron chi connectivity index (χ3n) is 4.03. The fourth-order valence-electron chi connectivity index (χ4n) is 2.64. The van der Waals surface area contributed by atoms with Crippen LogP contribution in [-0.4, -0.2) is 26.4 Å². The monoisotopic (exact) mass is 424 g/mol. The van der Waals surface area contributed by atoms with Crippen LogP contribution in [0.25, 0.3) is 0 Å². The van der Waals surface area contributed by atoms with E-state index in [1.54, 1.807) is 23.9 Å². The number of hydrogen-bond acceptors (Lipinski definition) is 5. The molecule has 3 N–H and O–H groups in total. The molecular weight excluding hydrogens is 407 g/mol. The van der Waals surface area contributed by atoms with Gasteiger partial charge in [0, 0.05) is 19.4 Å². The van der Waals surface area contributed by atoms with Crippen molar-refractivity contribution >= 4 is 20.0 Å². The maximum absolute atomic E-state index is 13.7. The number of hydrogen-bond donors (Lipinski definition) is 2. The predicted octanol–water partition coefficient (Wildman–Crippen LogP) is 1.27. The van der Waals surface area contributed by atoms with Crippen molar-refractivity contribution in [3.63, 3.8) is 0 Å². The summed E-state index contributed by atoms with van der Waals surface area (Å²) in [6, 6.07) is 9.00. The number of aromatic nitrogens is 2. The van der Waals surface area contributed by atoms with Crippen molar-refractivity contribution in [3.8, 4) is 0 Å². The molecule has 0 aliphatic heterocycles. The maximum atomic E-state index is 13.7. The predicted molar refractivity (Wildman–Crippen MR) is 99.6 cm³/mol.